The minimum atomic E-state index is 0.453. The molecule has 0 amide bonds. The Hall–Kier alpha value is -1.13. The molecule has 4 nitrogen and oxygen atoms in total. The molecule has 0 bridgehead atoms. The first-order chi connectivity index (χ1) is 9.65. The third kappa shape index (κ3) is 3.93. The van der Waals surface area contributed by atoms with Crippen LogP contribution in [0.2, 0.25) is 0 Å². The van der Waals surface area contributed by atoms with E-state index in [0.29, 0.717) is 12.0 Å². The van der Waals surface area contributed by atoms with Gasteiger partial charge in [-0.3, -0.25) is 0 Å². The number of anilines is 1. The van der Waals surface area contributed by atoms with Crippen molar-refractivity contribution in [2.75, 3.05) is 32.2 Å². The maximum absolute atomic E-state index is 5.25. The molecule has 112 valence electrons. The van der Waals surface area contributed by atoms with Crippen molar-refractivity contribution in [2.24, 2.45) is 0 Å². The van der Waals surface area contributed by atoms with Crippen LogP contribution in [-0.4, -0.2) is 38.3 Å². The monoisotopic (exact) mass is 277 g/mol. The molecule has 1 aromatic heterocycles. The first-order valence-corrected chi connectivity index (χ1v) is 7.56. The van der Waals surface area contributed by atoms with Crippen LogP contribution >= 0.6 is 0 Å². The lowest BCUT2D eigenvalue weighted by Gasteiger charge is -2.25. The van der Waals surface area contributed by atoms with Crippen LogP contribution in [-0.2, 0) is 11.3 Å². The molecule has 0 unspecified atom stereocenters. The highest BCUT2D eigenvalue weighted by molar-refractivity contribution is 5.45. The second-order valence-corrected chi connectivity index (χ2v) is 5.86. The Kier molecular flexibility index (Phi) is 5.38. The van der Waals surface area contributed by atoms with Gasteiger partial charge < -0.3 is 15.0 Å². The topological polar surface area (TPSA) is 37.4 Å². The van der Waals surface area contributed by atoms with E-state index < -0.39 is 0 Å². The second kappa shape index (κ2) is 7.04. The fourth-order valence-electron chi connectivity index (χ4n) is 2.40. The first-order valence-electron chi connectivity index (χ1n) is 7.56. The molecule has 1 fully saturated rings. The zero-order valence-electron chi connectivity index (χ0n) is 13.1. The first kappa shape index (κ1) is 15.3. The second-order valence-electron chi connectivity index (χ2n) is 5.86. The summed E-state index contributed by atoms with van der Waals surface area (Å²) in [7, 11) is 3.74. The van der Waals surface area contributed by atoms with Crippen molar-refractivity contribution < 1.29 is 4.74 Å². The Labute approximate surface area is 122 Å². The zero-order valence-corrected chi connectivity index (χ0v) is 13.1. The van der Waals surface area contributed by atoms with Gasteiger partial charge in [0.2, 0.25) is 0 Å². The van der Waals surface area contributed by atoms with E-state index in [-0.39, 0.29) is 0 Å². The van der Waals surface area contributed by atoms with Crippen molar-refractivity contribution in [3.05, 3.63) is 23.4 Å². The molecular formula is C16H27N3O. The normalized spacial score (nSPS) is 14.8. The van der Waals surface area contributed by atoms with Crippen LogP contribution in [0.25, 0.3) is 0 Å². The number of methoxy groups -OCH3 is 1. The van der Waals surface area contributed by atoms with Crippen LogP contribution in [0, 0.1) is 0 Å². The molecule has 0 atom stereocenters. The van der Waals surface area contributed by atoms with Crippen molar-refractivity contribution in [2.45, 2.75) is 45.2 Å². The summed E-state index contributed by atoms with van der Waals surface area (Å²) in [6, 6.07) is 5.09. The molecule has 0 aliphatic heterocycles. The van der Waals surface area contributed by atoms with E-state index in [1.165, 1.54) is 24.1 Å². The summed E-state index contributed by atoms with van der Waals surface area (Å²) in [5.74, 6) is 1.56. The predicted octanol–water partition coefficient (Wildman–Crippen LogP) is 2.54. The summed E-state index contributed by atoms with van der Waals surface area (Å²) < 4.78 is 5.25. The average molecular weight is 277 g/mol. The maximum atomic E-state index is 5.25. The molecule has 2 rings (SSSR count). The minimum Gasteiger partial charge on any atom is -0.383 e. The molecule has 0 aromatic carbocycles. The van der Waals surface area contributed by atoms with Gasteiger partial charge in [-0.1, -0.05) is 13.8 Å². The summed E-state index contributed by atoms with van der Waals surface area (Å²) in [5.41, 5.74) is 2.49. The van der Waals surface area contributed by atoms with Crippen LogP contribution in [0.5, 0.6) is 0 Å². The standard InChI is InChI=1S/C16H27N3O/c1-12(2)15-9-13(11-17-3)10-16(18-15)19(7-8-20-4)14-5-6-14/h9-10,12,14,17H,5-8,11H2,1-4H3. The van der Waals surface area contributed by atoms with Crippen LogP contribution in [0.1, 0.15) is 43.9 Å². The van der Waals surface area contributed by atoms with E-state index in [2.05, 4.69) is 36.2 Å². The summed E-state index contributed by atoms with van der Waals surface area (Å²) in [5, 5.41) is 3.23. The molecule has 0 saturated heterocycles. The van der Waals surface area contributed by atoms with Crippen molar-refractivity contribution in [3.8, 4) is 0 Å². The van der Waals surface area contributed by atoms with Gasteiger partial charge in [-0.15, -0.1) is 0 Å². The van der Waals surface area contributed by atoms with E-state index in [9.17, 15) is 0 Å². The summed E-state index contributed by atoms with van der Waals surface area (Å²) >= 11 is 0. The summed E-state index contributed by atoms with van der Waals surface area (Å²) in [6.07, 6.45) is 2.55. The average Bonchev–Trinajstić information content (AvgIpc) is 3.24. The van der Waals surface area contributed by atoms with Gasteiger partial charge in [0.05, 0.1) is 6.61 Å². The molecule has 0 radical (unpaired) electrons. The van der Waals surface area contributed by atoms with E-state index in [1.807, 2.05) is 7.05 Å². The van der Waals surface area contributed by atoms with Gasteiger partial charge >= 0.3 is 0 Å². The third-order valence-corrected chi connectivity index (χ3v) is 3.68. The van der Waals surface area contributed by atoms with Gasteiger partial charge in [-0.2, -0.15) is 0 Å². The molecule has 1 N–H and O–H groups in total. The van der Waals surface area contributed by atoms with Crippen molar-refractivity contribution in [3.63, 3.8) is 0 Å². The van der Waals surface area contributed by atoms with E-state index in [0.717, 1.165) is 25.5 Å². The molecule has 20 heavy (non-hydrogen) atoms. The molecular weight excluding hydrogens is 250 g/mol. The van der Waals surface area contributed by atoms with Gasteiger partial charge in [0.25, 0.3) is 0 Å². The highest BCUT2D eigenvalue weighted by Gasteiger charge is 2.30. The fraction of sp³-hybridized carbons (Fsp3) is 0.688. The molecule has 1 aromatic rings. The van der Waals surface area contributed by atoms with Gasteiger partial charge in [0.15, 0.2) is 0 Å². The largest absolute Gasteiger partial charge is 0.383 e. The smallest absolute Gasteiger partial charge is 0.129 e. The maximum Gasteiger partial charge on any atom is 0.129 e. The van der Waals surface area contributed by atoms with E-state index in [4.69, 9.17) is 9.72 Å². The van der Waals surface area contributed by atoms with Gasteiger partial charge in [0.1, 0.15) is 5.82 Å². The quantitative estimate of drug-likeness (QED) is 0.792. The Balaban J connectivity index is 2.26. The molecule has 1 aliphatic rings. The SMILES string of the molecule is CNCc1cc(C(C)C)nc(N(CCOC)C2CC2)c1. The number of nitrogens with one attached hydrogen (secondary N) is 1. The van der Waals surface area contributed by atoms with Gasteiger partial charge in [-0.05, 0) is 43.5 Å². The molecule has 0 spiro atoms. The van der Waals surface area contributed by atoms with E-state index in [1.54, 1.807) is 7.11 Å². The zero-order chi connectivity index (χ0) is 14.5. The van der Waals surface area contributed by atoms with Crippen molar-refractivity contribution in [1.82, 2.24) is 10.3 Å². The number of ether oxygens (including phenoxy) is 1. The Morgan fingerprint density at radius 3 is 2.70 bits per heavy atom. The number of rotatable bonds is 8. The van der Waals surface area contributed by atoms with Gasteiger partial charge in [0, 0.05) is 31.9 Å². The number of hydrogen-bond donors (Lipinski definition) is 1. The number of nitrogens with zero attached hydrogens (tertiary/aromatic N) is 2. The lowest BCUT2D eigenvalue weighted by molar-refractivity contribution is 0.204. The number of pyridine rings is 1. The highest BCUT2D eigenvalue weighted by Crippen LogP contribution is 2.31. The van der Waals surface area contributed by atoms with Crippen LogP contribution in [0.15, 0.2) is 12.1 Å². The predicted molar refractivity (Wildman–Crippen MR) is 83.3 cm³/mol. The molecule has 1 aliphatic carbocycles. The summed E-state index contributed by atoms with van der Waals surface area (Å²) in [4.78, 5) is 7.28. The molecule has 1 heterocycles. The molecule has 1 saturated carbocycles. The van der Waals surface area contributed by atoms with Crippen molar-refractivity contribution >= 4 is 5.82 Å². The Bertz CT molecular complexity index is 430. The lowest BCUT2D eigenvalue weighted by atomic mass is 10.1. The highest BCUT2D eigenvalue weighted by atomic mass is 16.5. The van der Waals surface area contributed by atoms with Gasteiger partial charge in [-0.25, -0.2) is 4.98 Å². The van der Waals surface area contributed by atoms with Crippen LogP contribution < -0.4 is 10.2 Å². The fourth-order valence-corrected chi connectivity index (χ4v) is 2.40. The number of hydrogen-bond acceptors (Lipinski definition) is 4. The van der Waals surface area contributed by atoms with E-state index >= 15 is 0 Å². The minimum absolute atomic E-state index is 0.453. The Morgan fingerprint density at radius 2 is 2.15 bits per heavy atom. The third-order valence-electron chi connectivity index (χ3n) is 3.68. The number of aromatic nitrogens is 1. The lowest BCUT2D eigenvalue weighted by Crippen LogP contribution is -2.30. The molecule has 4 heteroatoms. The van der Waals surface area contributed by atoms with Crippen LogP contribution in [0.4, 0.5) is 5.82 Å². The Morgan fingerprint density at radius 1 is 1.40 bits per heavy atom. The van der Waals surface area contributed by atoms with Crippen molar-refractivity contribution in [1.29, 1.82) is 0 Å². The van der Waals surface area contributed by atoms with Crippen LogP contribution in [0.3, 0.4) is 0 Å². The summed E-state index contributed by atoms with van der Waals surface area (Å²) in [6.45, 7) is 6.97.